The topological polar surface area (TPSA) is 29.5 Å². The van der Waals surface area contributed by atoms with E-state index in [1.165, 1.54) is 0 Å². The zero-order chi connectivity index (χ0) is 16.5. The number of likely N-dealkylation sites (tertiary alicyclic amines) is 1. The average Bonchev–Trinajstić information content (AvgIpc) is 2.65. The molecule has 0 aromatic heterocycles. The van der Waals surface area contributed by atoms with Crippen LogP contribution in [0.2, 0.25) is 5.02 Å². The van der Waals surface area contributed by atoms with Crippen LogP contribution in [0.5, 0.6) is 0 Å². The maximum absolute atomic E-state index is 13.7. The summed E-state index contributed by atoms with van der Waals surface area (Å²) in [4.78, 5) is 13.3. The minimum Gasteiger partial charge on any atom is -0.444 e. The lowest BCUT2D eigenvalue weighted by molar-refractivity contribution is -0.00241. The van der Waals surface area contributed by atoms with Crippen LogP contribution < -0.4 is 0 Å². The van der Waals surface area contributed by atoms with Crippen LogP contribution in [0, 0.1) is 0 Å². The zero-order valence-electron chi connectivity index (χ0n) is 12.9. The van der Waals surface area contributed by atoms with Gasteiger partial charge < -0.3 is 4.74 Å². The summed E-state index contributed by atoms with van der Waals surface area (Å²) in [5.41, 5.74) is 0.153. The largest absolute Gasteiger partial charge is 0.444 e. The third kappa shape index (κ3) is 4.57. The van der Waals surface area contributed by atoms with Crippen molar-refractivity contribution in [2.75, 3.05) is 6.54 Å². The molecule has 6 heteroatoms. The monoisotopic (exact) mass is 331 g/mol. The fraction of sp³-hybridized carbons (Fsp3) is 0.562. The van der Waals surface area contributed by atoms with Crippen molar-refractivity contribution in [1.29, 1.82) is 0 Å². The normalized spacial score (nSPS) is 21.0. The van der Waals surface area contributed by atoms with Gasteiger partial charge in [0.25, 0.3) is 5.92 Å². The van der Waals surface area contributed by atoms with E-state index < -0.39 is 30.2 Å². The minimum atomic E-state index is -2.88. The van der Waals surface area contributed by atoms with Gasteiger partial charge in [-0.1, -0.05) is 23.7 Å². The summed E-state index contributed by atoms with van der Waals surface area (Å²) in [6.45, 7) is 4.55. The first-order valence-corrected chi connectivity index (χ1v) is 7.55. The smallest absolute Gasteiger partial charge is 0.410 e. The molecule has 1 aromatic carbocycles. The Kier molecular flexibility index (Phi) is 4.66. The second-order valence-electron chi connectivity index (χ2n) is 6.65. The fourth-order valence-corrected chi connectivity index (χ4v) is 2.63. The van der Waals surface area contributed by atoms with Gasteiger partial charge >= 0.3 is 6.09 Å². The van der Waals surface area contributed by atoms with Crippen LogP contribution in [0.4, 0.5) is 13.6 Å². The van der Waals surface area contributed by atoms with Gasteiger partial charge in [-0.25, -0.2) is 13.6 Å². The molecule has 0 saturated carbocycles. The molecule has 1 atom stereocenters. The van der Waals surface area contributed by atoms with E-state index in [1.807, 2.05) is 0 Å². The Morgan fingerprint density at radius 2 is 1.95 bits per heavy atom. The first kappa shape index (κ1) is 17.0. The Hall–Kier alpha value is -1.36. The Balaban J connectivity index is 2.12. The molecule has 1 saturated heterocycles. The molecule has 1 fully saturated rings. The summed E-state index contributed by atoms with van der Waals surface area (Å²) >= 11 is 5.82. The zero-order valence-corrected chi connectivity index (χ0v) is 13.7. The van der Waals surface area contributed by atoms with Crippen LogP contribution in [0.3, 0.4) is 0 Å². The summed E-state index contributed by atoms with van der Waals surface area (Å²) < 4.78 is 32.7. The second kappa shape index (κ2) is 6.03. The number of benzene rings is 1. The Morgan fingerprint density at radius 3 is 2.50 bits per heavy atom. The van der Waals surface area contributed by atoms with Crippen LogP contribution >= 0.6 is 11.6 Å². The summed E-state index contributed by atoms with van der Waals surface area (Å²) in [6, 6.07) is 6.41. The molecule has 1 unspecified atom stereocenters. The highest BCUT2D eigenvalue weighted by Crippen LogP contribution is 2.34. The highest BCUT2D eigenvalue weighted by molar-refractivity contribution is 6.30. The SMILES string of the molecule is CC(C)(C)OC(=O)N1CC(F)(F)CC1Cc1ccc(Cl)cc1. The van der Waals surface area contributed by atoms with E-state index in [0.717, 1.165) is 10.5 Å². The predicted molar refractivity (Wildman–Crippen MR) is 81.4 cm³/mol. The van der Waals surface area contributed by atoms with Crippen molar-refractivity contribution in [3.63, 3.8) is 0 Å². The predicted octanol–water partition coefficient (Wildman–Crippen LogP) is 4.53. The van der Waals surface area contributed by atoms with Crippen molar-refractivity contribution >= 4 is 17.7 Å². The summed E-state index contributed by atoms with van der Waals surface area (Å²) in [6.07, 6.45) is -0.690. The molecule has 1 aromatic rings. The third-order valence-corrected chi connectivity index (χ3v) is 3.64. The first-order valence-electron chi connectivity index (χ1n) is 7.18. The molecule has 0 radical (unpaired) electrons. The third-order valence-electron chi connectivity index (χ3n) is 3.39. The van der Waals surface area contributed by atoms with Crippen LogP contribution in [0.15, 0.2) is 24.3 Å². The molecule has 0 spiro atoms. The molecule has 0 N–H and O–H groups in total. The lowest BCUT2D eigenvalue weighted by atomic mass is 10.0. The van der Waals surface area contributed by atoms with Crippen molar-refractivity contribution in [3.05, 3.63) is 34.9 Å². The van der Waals surface area contributed by atoms with Crippen LogP contribution in [0.1, 0.15) is 32.8 Å². The van der Waals surface area contributed by atoms with Crippen LogP contribution in [0.25, 0.3) is 0 Å². The second-order valence-corrected chi connectivity index (χ2v) is 7.09. The Bertz CT molecular complexity index is 540. The van der Waals surface area contributed by atoms with Gasteiger partial charge in [-0.15, -0.1) is 0 Å². The van der Waals surface area contributed by atoms with Crippen LogP contribution in [-0.4, -0.2) is 35.1 Å². The van der Waals surface area contributed by atoms with E-state index in [1.54, 1.807) is 45.0 Å². The van der Waals surface area contributed by atoms with Crippen molar-refractivity contribution in [2.45, 2.75) is 51.2 Å². The number of carbonyl (C=O) groups excluding carboxylic acids is 1. The standard InChI is InChI=1S/C16H20ClF2NO2/c1-15(2,3)22-14(21)20-10-16(18,19)9-13(20)8-11-4-6-12(17)7-5-11/h4-7,13H,8-10H2,1-3H3. The van der Waals surface area contributed by atoms with Crippen LogP contribution in [-0.2, 0) is 11.2 Å². The summed E-state index contributed by atoms with van der Waals surface area (Å²) in [7, 11) is 0. The number of carbonyl (C=O) groups is 1. The number of rotatable bonds is 2. The molecule has 3 nitrogen and oxygen atoms in total. The first-order chi connectivity index (χ1) is 10.1. The number of amides is 1. The molecule has 122 valence electrons. The van der Waals surface area contributed by atoms with Gasteiger partial charge in [0.2, 0.25) is 0 Å². The van der Waals surface area contributed by atoms with Crippen molar-refractivity contribution < 1.29 is 18.3 Å². The Labute approximate surface area is 134 Å². The van der Waals surface area contributed by atoms with Crippen molar-refractivity contribution in [1.82, 2.24) is 4.90 Å². The number of hydrogen-bond donors (Lipinski definition) is 0. The molecule has 1 aliphatic heterocycles. The Morgan fingerprint density at radius 1 is 1.36 bits per heavy atom. The molecule has 0 aliphatic carbocycles. The van der Waals surface area contributed by atoms with Gasteiger partial charge in [0.1, 0.15) is 5.60 Å². The lowest BCUT2D eigenvalue weighted by Crippen LogP contribution is -2.41. The number of nitrogens with zero attached hydrogens (tertiary/aromatic N) is 1. The lowest BCUT2D eigenvalue weighted by Gasteiger charge is -2.28. The fourth-order valence-electron chi connectivity index (χ4n) is 2.51. The average molecular weight is 332 g/mol. The maximum Gasteiger partial charge on any atom is 0.410 e. The van der Waals surface area contributed by atoms with E-state index in [0.29, 0.717) is 11.4 Å². The summed E-state index contributed by atoms with van der Waals surface area (Å²) in [5.74, 6) is -2.88. The highest BCUT2D eigenvalue weighted by atomic mass is 35.5. The minimum absolute atomic E-state index is 0.352. The van der Waals surface area contributed by atoms with Gasteiger partial charge in [0.15, 0.2) is 0 Å². The van der Waals surface area contributed by atoms with Gasteiger partial charge in [-0.2, -0.15) is 0 Å². The van der Waals surface area contributed by atoms with Gasteiger partial charge in [-0.05, 0) is 44.9 Å². The molecule has 0 bridgehead atoms. The molecular formula is C16H20ClF2NO2. The quantitative estimate of drug-likeness (QED) is 0.797. The van der Waals surface area contributed by atoms with Crippen molar-refractivity contribution in [3.8, 4) is 0 Å². The summed E-state index contributed by atoms with van der Waals surface area (Å²) in [5, 5.41) is 0.588. The highest BCUT2D eigenvalue weighted by Gasteiger charge is 2.48. The maximum atomic E-state index is 13.7. The van der Waals surface area contributed by atoms with E-state index >= 15 is 0 Å². The number of halogens is 3. The van der Waals surface area contributed by atoms with Crippen molar-refractivity contribution in [2.24, 2.45) is 0 Å². The molecule has 1 amide bonds. The van der Waals surface area contributed by atoms with E-state index in [4.69, 9.17) is 16.3 Å². The van der Waals surface area contributed by atoms with Gasteiger partial charge in [0.05, 0.1) is 6.54 Å². The van der Waals surface area contributed by atoms with Gasteiger partial charge in [0, 0.05) is 17.5 Å². The molecule has 2 rings (SSSR count). The number of ether oxygens (including phenoxy) is 1. The molecule has 1 heterocycles. The van der Waals surface area contributed by atoms with E-state index in [2.05, 4.69) is 0 Å². The molecule has 22 heavy (non-hydrogen) atoms. The number of hydrogen-bond acceptors (Lipinski definition) is 2. The molecule has 1 aliphatic rings. The van der Waals surface area contributed by atoms with Gasteiger partial charge in [-0.3, -0.25) is 4.90 Å². The van der Waals surface area contributed by atoms with E-state index in [-0.39, 0.29) is 6.42 Å². The molecular weight excluding hydrogens is 312 g/mol. The number of alkyl halides is 2. The van der Waals surface area contributed by atoms with E-state index in [9.17, 15) is 13.6 Å².